The number of nitrogens with one attached hydrogen (secondary N) is 1. The summed E-state index contributed by atoms with van der Waals surface area (Å²) in [7, 11) is 1.59. The first kappa shape index (κ1) is 16.8. The van der Waals surface area contributed by atoms with Crippen molar-refractivity contribution in [3.63, 3.8) is 0 Å². The van der Waals surface area contributed by atoms with Crippen LogP contribution in [0.1, 0.15) is 6.42 Å². The summed E-state index contributed by atoms with van der Waals surface area (Å²) in [5, 5.41) is 2.92. The van der Waals surface area contributed by atoms with Crippen molar-refractivity contribution in [1.82, 2.24) is 0 Å². The minimum Gasteiger partial charge on any atom is -0.497 e. The zero-order valence-corrected chi connectivity index (χ0v) is 15.3. The van der Waals surface area contributed by atoms with Crippen molar-refractivity contribution in [3.05, 3.63) is 52.1 Å². The molecule has 0 aliphatic carbocycles. The van der Waals surface area contributed by atoms with Crippen LogP contribution in [0, 0.1) is 9.49 Å². The smallest absolute Gasteiger partial charge is 0.229 e. The number of benzene rings is 2. The van der Waals surface area contributed by atoms with Gasteiger partial charge in [-0.3, -0.25) is 9.59 Å². The lowest BCUT2D eigenvalue weighted by Crippen LogP contribution is -2.28. The van der Waals surface area contributed by atoms with Gasteiger partial charge in [0.05, 0.1) is 18.7 Å². The van der Waals surface area contributed by atoms with E-state index in [1.54, 1.807) is 18.1 Å². The summed E-state index contributed by atoms with van der Waals surface area (Å²) < 4.78 is 6.17. The highest BCUT2D eigenvalue weighted by Gasteiger charge is 2.35. The van der Waals surface area contributed by atoms with Crippen molar-refractivity contribution >= 4 is 45.8 Å². The van der Waals surface area contributed by atoms with Crippen molar-refractivity contribution < 1.29 is 14.3 Å². The topological polar surface area (TPSA) is 58.6 Å². The van der Waals surface area contributed by atoms with Crippen molar-refractivity contribution in [1.29, 1.82) is 0 Å². The van der Waals surface area contributed by atoms with Crippen LogP contribution in [0.5, 0.6) is 5.75 Å². The molecule has 2 amide bonds. The van der Waals surface area contributed by atoms with E-state index in [0.717, 1.165) is 14.9 Å². The van der Waals surface area contributed by atoms with Crippen molar-refractivity contribution in [2.24, 2.45) is 5.92 Å². The summed E-state index contributed by atoms with van der Waals surface area (Å²) in [5.74, 6) is 0.149. The molecule has 0 bridgehead atoms. The zero-order valence-electron chi connectivity index (χ0n) is 13.2. The number of amides is 2. The third kappa shape index (κ3) is 3.53. The van der Waals surface area contributed by atoms with Crippen molar-refractivity contribution in [2.45, 2.75) is 6.42 Å². The molecule has 5 nitrogen and oxygen atoms in total. The second kappa shape index (κ2) is 7.21. The predicted octanol–water partition coefficient (Wildman–Crippen LogP) is 3.29. The van der Waals surface area contributed by atoms with Crippen LogP contribution in [0.3, 0.4) is 0 Å². The van der Waals surface area contributed by atoms with E-state index < -0.39 is 0 Å². The van der Waals surface area contributed by atoms with Gasteiger partial charge in [0.1, 0.15) is 5.75 Å². The summed E-state index contributed by atoms with van der Waals surface area (Å²) in [6.07, 6.45) is 0.215. The molecule has 1 saturated heterocycles. The molecule has 0 saturated carbocycles. The van der Waals surface area contributed by atoms with Gasteiger partial charge in [0, 0.05) is 28.3 Å². The molecule has 2 aromatic rings. The molecule has 0 spiro atoms. The van der Waals surface area contributed by atoms with Gasteiger partial charge in [0.15, 0.2) is 0 Å². The van der Waals surface area contributed by atoms with Crippen LogP contribution >= 0.6 is 22.6 Å². The van der Waals surface area contributed by atoms with Crippen LogP contribution in [0.4, 0.5) is 11.4 Å². The van der Waals surface area contributed by atoms with Gasteiger partial charge in [-0.25, -0.2) is 0 Å². The highest BCUT2D eigenvalue weighted by Crippen LogP contribution is 2.29. The molecule has 124 valence electrons. The Balaban J connectivity index is 1.72. The molecule has 24 heavy (non-hydrogen) atoms. The fourth-order valence-corrected chi connectivity index (χ4v) is 3.23. The van der Waals surface area contributed by atoms with Gasteiger partial charge < -0.3 is 15.0 Å². The number of para-hydroxylation sites is 1. The van der Waals surface area contributed by atoms with Gasteiger partial charge in [-0.15, -0.1) is 0 Å². The average molecular weight is 436 g/mol. The van der Waals surface area contributed by atoms with E-state index >= 15 is 0 Å². The van der Waals surface area contributed by atoms with E-state index in [4.69, 9.17) is 4.74 Å². The molecular formula is C18H17IN2O3. The second-order valence-corrected chi connectivity index (χ2v) is 6.74. The van der Waals surface area contributed by atoms with Crippen LogP contribution in [-0.4, -0.2) is 25.5 Å². The molecule has 0 aromatic heterocycles. The summed E-state index contributed by atoms with van der Waals surface area (Å²) in [5.41, 5.74) is 1.53. The van der Waals surface area contributed by atoms with Gasteiger partial charge in [-0.2, -0.15) is 0 Å². The average Bonchev–Trinajstić information content (AvgIpc) is 2.99. The van der Waals surface area contributed by atoms with E-state index in [-0.39, 0.29) is 24.2 Å². The number of anilines is 2. The van der Waals surface area contributed by atoms with Crippen LogP contribution < -0.4 is 15.0 Å². The lowest BCUT2D eigenvalue weighted by molar-refractivity contribution is -0.122. The summed E-state index contributed by atoms with van der Waals surface area (Å²) in [6, 6.07) is 14.9. The summed E-state index contributed by atoms with van der Waals surface area (Å²) in [4.78, 5) is 26.4. The Labute approximate surface area is 154 Å². The highest BCUT2D eigenvalue weighted by molar-refractivity contribution is 14.1. The number of halogens is 1. The summed E-state index contributed by atoms with van der Waals surface area (Å²) >= 11 is 2.18. The minimum absolute atomic E-state index is 0.0499. The molecule has 6 heteroatoms. The number of ether oxygens (including phenoxy) is 1. The van der Waals surface area contributed by atoms with Crippen molar-refractivity contribution in [3.8, 4) is 5.75 Å². The number of carbonyl (C=O) groups excluding carboxylic acids is 2. The number of methoxy groups -OCH3 is 1. The number of rotatable bonds is 4. The minimum atomic E-state index is -0.361. The molecule has 0 unspecified atom stereocenters. The van der Waals surface area contributed by atoms with Gasteiger partial charge in [-0.1, -0.05) is 18.2 Å². The number of hydrogen-bond acceptors (Lipinski definition) is 3. The standard InChI is InChI=1S/C18H17IN2O3/c1-24-14-6-4-5-13(10-14)21-11-12(9-17(21)22)18(23)20-16-8-3-2-7-15(16)19/h2-8,10,12H,9,11H2,1H3,(H,20,23)/t12-/m0/s1. The first-order valence-electron chi connectivity index (χ1n) is 7.58. The van der Waals surface area contributed by atoms with E-state index in [1.807, 2.05) is 42.5 Å². The van der Waals surface area contributed by atoms with Gasteiger partial charge in [0.25, 0.3) is 0 Å². The Morgan fingerprint density at radius 1 is 1.25 bits per heavy atom. The predicted molar refractivity (Wildman–Crippen MR) is 101 cm³/mol. The molecule has 2 aromatic carbocycles. The fraction of sp³-hybridized carbons (Fsp3) is 0.222. The number of carbonyl (C=O) groups is 2. The van der Waals surface area contributed by atoms with Crippen LogP contribution in [0.25, 0.3) is 0 Å². The Hall–Kier alpha value is -2.09. The maximum atomic E-state index is 12.5. The van der Waals surface area contributed by atoms with Crippen LogP contribution in [0.2, 0.25) is 0 Å². The largest absolute Gasteiger partial charge is 0.497 e. The van der Waals surface area contributed by atoms with E-state index in [0.29, 0.717) is 12.3 Å². The number of nitrogens with zero attached hydrogens (tertiary/aromatic N) is 1. The van der Waals surface area contributed by atoms with Crippen molar-refractivity contribution in [2.75, 3.05) is 23.9 Å². The van der Waals surface area contributed by atoms with Gasteiger partial charge in [0.2, 0.25) is 11.8 Å². The molecule has 0 radical (unpaired) electrons. The molecular weight excluding hydrogens is 419 g/mol. The highest BCUT2D eigenvalue weighted by atomic mass is 127. The lowest BCUT2D eigenvalue weighted by Gasteiger charge is -2.17. The maximum absolute atomic E-state index is 12.5. The third-order valence-corrected chi connectivity index (χ3v) is 4.93. The quantitative estimate of drug-likeness (QED) is 0.749. The van der Waals surface area contributed by atoms with E-state index in [2.05, 4.69) is 27.9 Å². The van der Waals surface area contributed by atoms with Gasteiger partial charge in [-0.05, 0) is 46.9 Å². The van der Waals surface area contributed by atoms with Gasteiger partial charge >= 0.3 is 0 Å². The Morgan fingerprint density at radius 3 is 2.79 bits per heavy atom. The SMILES string of the molecule is COc1cccc(N2C[C@@H](C(=O)Nc3ccccc3I)CC2=O)c1. The second-order valence-electron chi connectivity index (χ2n) is 5.58. The zero-order chi connectivity index (χ0) is 17.1. The summed E-state index contributed by atoms with van der Waals surface area (Å²) in [6.45, 7) is 0.376. The normalized spacial score (nSPS) is 17.0. The first-order chi connectivity index (χ1) is 11.6. The Bertz CT molecular complexity index is 778. The Kier molecular flexibility index (Phi) is 5.03. The number of hydrogen-bond donors (Lipinski definition) is 1. The molecule has 1 aliphatic rings. The van der Waals surface area contributed by atoms with E-state index in [1.165, 1.54) is 0 Å². The van der Waals surface area contributed by atoms with Crippen LogP contribution in [0.15, 0.2) is 48.5 Å². The molecule has 1 fully saturated rings. The van der Waals surface area contributed by atoms with E-state index in [9.17, 15) is 9.59 Å². The lowest BCUT2D eigenvalue weighted by atomic mass is 10.1. The molecule has 3 rings (SSSR count). The monoisotopic (exact) mass is 436 g/mol. The fourth-order valence-electron chi connectivity index (χ4n) is 2.71. The maximum Gasteiger partial charge on any atom is 0.229 e. The molecule has 1 heterocycles. The molecule has 1 N–H and O–H groups in total. The first-order valence-corrected chi connectivity index (χ1v) is 8.66. The molecule has 1 atom stereocenters. The van der Waals surface area contributed by atoms with Crippen LogP contribution in [-0.2, 0) is 9.59 Å². The molecule has 1 aliphatic heterocycles. The third-order valence-electron chi connectivity index (χ3n) is 3.99. The Morgan fingerprint density at radius 2 is 2.04 bits per heavy atom.